The van der Waals surface area contributed by atoms with Crippen LogP contribution in [-0.4, -0.2) is 29.5 Å². The molecule has 0 fully saturated rings. The van der Waals surface area contributed by atoms with Gasteiger partial charge in [0, 0.05) is 11.8 Å². The molecule has 0 aliphatic rings. The Morgan fingerprint density at radius 1 is 1.00 bits per heavy atom. The molecular formula is C25H20N4O8. The summed E-state index contributed by atoms with van der Waals surface area (Å²) >= 11 is 0. The maximum absolute atomic E-state index is 12.6. The number of hydrogen-bond donors (Lipinski definition) is 1. The Bertz CT molecular complexity index is 1410. The molecule has 0 bridgehead atoms. The summed E-state index contributed by atoms with van der Waals surface area (Å²) < 4.78 is 16.3. The van der Waals surface area contributed by atoms with Gasteiger partial charge in [-0.25, -0.2) is 0 Å². The average Bonchev–Trinajstić information content (AvgIpc) is 2.89. The number of non-ortho nitro benzene ring substituents is 1. The van der Waals surface area contributed by atoms with Crippen molar-refractivity contribution in [1.82, 2.24) is 0 Å². The van der Waals surface area contributed by atoms with Gasteiger partial charge >= 0.3 is 5.69 Å². The van der Waals surface area contributed by atoms with Crippen LogP contribution in [0.3, 0.4) is 0 Å². The van der Waals surface area contributed by atoms with E-state index in [0.29, 0.717) is 23.6 Å². The van der Waals surface area contributed by atoms with Gasteiger partial charge in [0.05, 0.1) is 29.6 Å². The summed E-state index contributed by atoms with van der Waals surface area (Å²) in [7, 11) is 1.34. The van der Waals surface area contributed by atoms with Crippen molar-refractivity contribution in [2.75, 3.05) is 19.0 Å². The van der Waals surface area contributed by atoms with E-state index in [0.717, 1.165) is 18.2 Å². The molecule has 188 valence electrons. The molecule has 0 saturated carbocycles. The Hall–Kier alpha value is -5.44. The Balaban J connectivity index is 1.83. The van der Waals surface area contributed by atoms with E-state index in [1.807, 2.05) is 13.0 Å². The number of methoxy groups -OCH3 is 1. The fourth-order valence-corrected chi connectivity index (χ4v) is 3.14. The summed E-state index contributed by atoms with van der Waals surface area (Å²) in [6.45, 7) is 2.36. The number of nitriles is 1. The normalized spacial score (nSPS) is 10.7. The van der Waals surface area contributed by atoms with Crippen molar-refractivity contribution in [2.24, 2.45) is 0 Å². The molecule has 0 aliphatic carbocycles. The smallest absolute Gasteiger partial charge is 0.318 e. The molecule has 3 aromatic rings. The summed E-state index contributed by atoms with van der Waals surface area (Å²) in [5.74, 6) is 0.00154. The van der Waals surface area contributed by atoms with Crippen LogP contribution in [0.15, 0.2) is 66.2 Å². The SMILES string of the molecule is CCOc1ccc(NC(=O)/C(C#N)=C\c2ccc(Oc3ccc([N+](=O)[O-])cc3[N+](=O)[O-])c(OC)c2)cc1. The molecule has 0 atom stereocenters. The summed E-state index contributed by atoms with van der Waals surface area (Å²) in [6.07, 6.45) is 1.34. The van der Waals surface area contributed by atoms with E-state index >= 15 is 0 Å². The lowest BCUT2D eigenvalue weighted by molar-refractivity contribution is -0.394. The second kappa shape index (κ2) is 11.8. The second-order valence-electron chi connectivity index (χ2n) is 7.26. The first-order valence-electron chi connectivity index (χ1n) is 10.7. The number of nitrogens with one attached hydrogen (secondary N) is 1. The van der Waals surface area contributed by atoms with E-state index in [9.17, 15) is 30.3 Å². The van der Waals surface area contributed by atoms with Crippen molar-refractivity contribution in [3.8, 4) is 29.1 Å². The van der Waals surface area contributed by atoms with Crippen molar-refractivity contribution in [1.29, 1.82) is 5.26 Å². The van der Waals surface area contributed by atoms with Crippen LogP contribution in [0, 0.1) is 31.6 Å². The second-order valence-corrected chi connectivity index (χ2v) is 7.26. The number of rotatable bonds is 10. The van der Waals surface area contributed by atoms with Gasteiger partial charge in [0.15, 0.2) is 11.5 Å². The monoisotopic (exact) mass is 504 g/mol. The van der Waals surface area contributed by atoms with Crippen molar-refractivity contribution in [2.45, 2.75) is 6.92 Å². The predicted octanol–water partition coefficient (Wildman–Crippen LogP) is 5.25. The molecule has 37 heavy (non-hydrogen) atoms. The van der Waals surface area contributed by atoms with Crippen molar-refractivity contribution >= 4 is 29.0 Å². The highest BCUT2D eigenvalue weighted by atomic mass is 16.6. The minimum Gasteiger partial charge on any atom is -0.494 e. The van der Waals surface area contributed by atoms with E-state index in [2.05, 4.69) is 5.32 Å². The minimum absolute atomic E-state index is 0.0777. The fraction of sp³-hybridized carbons (Fsp3) is 0.120. The van der Waals surface area contributed by atoms with E-state index < -0.39 is 27.1 Å². The molecule has 1 N–H and O–H groups in total. The van der Waals surface area contributed by atoms with E-state index in [1.165, 1.54) is 31.4 Å². The lowest BCUT2D eigenvalue weighted by Gasteiger charge is -2.11. The number of ether oxygens (including phenoxy) is 3. The topological polar surface area (TPSA) is 167 Å². The van der Waals surface area contributed by atoms with Crippen LogP contribution in [0.5, 0.6) is 23.0 Å². The van der Waals surface area contributed by atoms with Gasteiger partial charge in [0.2, 0.25) is 5.75 Å². The van der Waals surface area contributed by atoms with Gasteiger partial charge in [0.1, 0.15) is 17.4 Å². The zero-order valence-electron chi connectivity index (χ0n) is 19.7. The number of amides is 1. The van der Waals surface area contributed by atoms with Crippen molar-refractivity contribution in [3.05, 3.63) is 92.0 Å². The van der Waals surface area contributed by atoms with Crippen LogP contribution in [-0.2, 0) is 4.79 Å². The van der Waals surface area contributed by atoms with E-state index in [4.69, 9.17) is 14.2 Å². The Morgan fingerprint density at radius 3 is 2.30 bits per heavy atom. The van der Waals surface area contributed by atoms with E-state index in [1.54, 1.807) is 24.3 Å². The first kappa shape index (κ1) is 26.2. The summed E-state index contributed by atoms with van der Waals surface area (Å²) in [4.78, 5) is 33.4. The molecule has 3 rings (SSSR count). The number of benzene rings is 3. The molecule has 0 heterocycles. The number of nitro groups is 2. The Labute approximate surface area is 210 Å². The van der Waals surface area contributed by atoms with Gasteiger partial charge in [-0.15, -0.1) is 0 Å². The van der Waals surface area contributed by atoms with Gasteiger partial charge in [-0.1, -0.05) is 6.07 Å². The quantitative estimate of drug-likeness (QED) is 0.168. The Morgan fingerprint density at radius 2 is 1.70 bits per heavy atom. The van der Waals surface area contributed by atoms with E-state index in [-0.39, 0.29) is 22.8 Å². The lowest BCUT2D eigenvalue weighted by atomic mass is 10.1. The number of hydrogen-bond acceptors (Lipinski definition) is 9. The molecule has 0 aromatic heterocycles. The molecule has 12 nitrogen and oxygen atoms in total. The zero-order chi connectivity index (χ0) is 26.9. The van der Waals surface area contributed by atoms with Crippen molar-refractivity contribution in [3.63, 3.8) is 0 Å². The number of carbonyl (C=O) groups is 1. The van der Waals surface area contributed by atoms with Crippen LogP contribution in [0.1, 0.15) is 12.5 Å². The Kier molecular flexibility index (Phi) is 8.35. The van der Waals surface area contributed by atoms with Gasteiger partial charge in [0.25, 0.3) is 11.6 Å². The molecule has 0 unspecified atom stereocenters. The highest BCUT2D eigenvalue weighted by Gasteiger charge is 2.22. The van der Waals surface area contributed by atoms with Crippen LogP contribution in [0.2, 0.25) is 0 Å². The van der Waals surface area contributed by atoms with Crippen LogP contribution >= 0.6 is 0 Å². The molecule has 0 saturated heterocycles. The third-order valence-corrected chi connectivity index (χ3v) is 4.86. The average molecular weight is 504 g/mol. The standard InChI is InChI=1S/C25H20N4O8/c1-3-36-20-8-5-18(6-9-20)27-25(30)17(15-26)12-16-4-10-23(24(13-16)35-2)37-22-11-7-19(28(31)32)14-21(22)29(33)34/h4-14H,3H2,1-2H3,(H,27,30)/b17-12-. The maximum atomic E-state index is 12.6. The van der Waals surface area contributed by atoms with Gasteiger partial charge in [-0.2, -0.15) is 5.26 Å². The lowest BCUT2D eigenvalue weighted by Crippen LogP contribution is -2.13. The van der Waals surface area contributed by atoms with Gasteiger partial charge in [-0.3, -0.25) is 25.0 Å². The first-order valence-corrected chi connectivity index (χ1v) is 10.7. The number of carbonyl (C=O) groups excluding carboxylic acids is 1. The van der Waals surface area contributed by atoms with Gasteiger partial charge < -0.3 is 19.5 Å². The third-order valence-electron chi connectivity index (χ3n) is 4.86. The molecule has 12 heteroatoms. The third kappa shape index (κ3) is 6.58. The van der Waals surface area contributed by atoms with Crippen LogP contribution in [0.4, 0.5) is 17.1 Å². The predicted molar refractivity (Wildman–Crippen MR) is 133 cm³/mol. The zero-order valence-corrected chi connectivity index (χ0v) is 19.7. The van der Waals surface area contributed by atoms with Crippen LogP contribution < -0.4 is 19.5 Å². The molecule has 3 aromatic carbocycles. The van der Waals surface area contributed by atoms with Crippen molar-refractivity contribution < 1.29 is 28.9 Å². The summed E-state index contributed by atoms with van der Waals surface area (Å²) in [5.41, 5.74) is -0.353. The van der Waals surface area contributed by atoms with Crippen LogP contribution in [0.25, 0.3) is 6.08 Å². The first-order chi connectivity index (χ1) is 17.7. The van der Waals surface area contributed by atoms with Gasteiger partial charge in [-0.05, 0) is 61.0 Å². The minimum atomic E-state index is -0.798. The number of nitrogens with zero attached hydrogens (tertiary/aromatic N) is 3. The maximum Gasteiger partial charge on any atom is 0.318 e. The summed E-state index contributed by atoms with van der Waals surface area (Å²) in [6, 6.07) is 15.9. The molecule has 1 amide bonds. The highest BCUT2D eigenvalue weighted by Crippen LogP contribution is 2.38. The molecular weight excluding hydrogens is 484 g/mol. The summed E-state index contributed by atoms with van der Waals surface area (Å²) in [5, 5.41) is 34.5. The molecule has 0 spiro atoms. The largest absolute Gasteiger partial charge is 0.494 e. The molecule has 0 radical (unpaired) electrons. The number of anilines is 1. The fourth-order valence-electron chi connectivity index (χ4n) is 3.14. The molecule has 0 aliphatic heterocycles. The highest BCUT2D eigenvalue weighted by molar-refractivity contribution is 6.09. The number of nitro benzene ring substituents is 2.